The van der Waals surface area contributed by atoms with Gasteiger partial charge in [0.2, 0.25) is 5.91 Å². The van der Waals surface area contributed by atoms with Crippen LogP contribution in [0.5, 0.6) is 11.5 Å². The summed E-state index contributed by atoms with van der Waals surface area (Å²) in [7, 11) is 3.13. The fraction of sp³-hybridized carbons (Fsp3) is 0.526. The third-order valence-corrected chi connectivity index (χ3v) is 4.42. The van der Waals surface area contributed by atoms with E-state index < -0.39 is 11.8 Å². The van der Waals surface area contributed by atoms with E-state index in [0.29, 0.717) is 50.4 Å². The standard InChI is InChI=1S/C19H27N3O5/c1-26-15-7-6-14(13-16(15)27-2)8-10-21-19(25)18(24)20-9-4-12-22-11-3-5-17(22)23/h6-7,13H,3-5,8-12H2,1-2H3,(H,20,24)(H,21,25). The van der Waals surface area contributed by atoms with E-state index in [0.717, 1.165) is 18.5 Å². The minimum Gasteiger partial charge on any atom is -0.493 e. The van der Waals surface area contributed by atoms with E-state index >= 15 is 0 Å². The molecule has 0 aliphatic carbocycles. The molecule has 0 unspecified atom stereocenters. The number of methoxy groups -OCH3 is 2. The molecule has 3 amide bonds. The third-order valence-electron chi connectivity index (χ3n) is 4.42. The van der Waals surface area contributed by atoms with Crippen molar-refractivity contribution in [3.8, 4) is 11.5 Å². The third kappa shape index (κ3) is 6.16. The van der Waals surface area contributed by atoms with Gasteiger partial charge >= 0.3 is 11.8 Å². The zero-order chi connectivity index (χ0) is 19.6. The molecule has 0 aromatic heterocycles. The highest BCUT2D eigenvalue weighted by atomic mass is 16.5. The molecule has 1 fully saturated rings. The average molecular weight is 377 g/mol. The highest BCUT2D eigenvalue weighted by Gasteiger charge is 2.19. The molecule has 8 heteroatoms. The molecule has 1 aliphatic rings. The predicted molar refractivity (Wildman–Crippen MR) is 99.7 cm³/mol. The fourth-order valence-corrected chi connectivity index (χ4v) is 2.93. The second kappa shape index (κ2) is 10.4. The number of nitrogens with zero attached hydrogens (tertiary/aromatic N) is 1. The maximum atomic E-state index is 11.8. The van der Waals surface area contributed by atoms with Crippen molar-refractivity contribution >= 4 is 17.7 Å². The van der Waals surface area contributed by atoms with Gasteiger partial charge in [-0.05, 0) is 37.0 Å². The lowest BCUT2D eigenvalue weighted by molar-refractivity contribution is -0.139. The highest BCUT2D eigenvalue weighted by Crippen LogP contribution is 2.27. The number of hydrogen-bond donors (Lipinski definition) is 2. The Kier molecular flexibility index (Phi) is 7.91. The smallest absolute Gasteiger partial charge is 0.309 e. The summed E-state index contributed by atoms with van der Waals surface area (Å²) in [5.41, 5.74) is 0.962. The van der Waals surface area contributed by atoms with Crippen LogP contribution in [-0.2, 0) is 20.8 Å². The maximum absolute atomic E-state index is 11.8. The van der Waals surface area contributed by atoms with Crippen LogP contribution in [0.1, 0.15) is 24.8 Å². The summed E-state index contributed by atoms with van der Waals surface area (Å²) in [6.45, 7) is 2.10. The van der Waals surface area contributed by atoms with Crippen LogP contribution in [-0.4, -0.2) is 63.0 Å². The molecular weight excluding hydrogens is 350 g/mol. The van der Waals surface area contributed by atoms with Gasteiger partial charge in [-0.2, -0.15) is 0 Å². The number of ether oxygens (including phenoxy) is 2. The Labute approximate surface area is 159 Å². The minimum absolute atomic E-state index is 0.161. The number of amides is 3. The lowest BCUT2D eigenvalue weighted by atomic mass is 10.1. The van der Waals surface area contributed by atoms with Gasteiger partial charge in [0, 0.05) is 32.6 Å². The number of carbonyl (C=O) groups is 3. The topological polar surface area (TPSA) is 97.0 Å². The largest absolute Gasteiger partial charge is 0.493 e. The van der Waals surface area contributed by atoms with Gasteiger partial charge in [0.15, 0.2) is 11.5 Å². The Hall–Kier alpha value is -2.77. The summed E-state index contributed by atoms with van der Waals surface area (Å²) in [6.07, 6.45) is 2.70. The molecule has 148 valence electrons. The van der Waals surface area contributed by atoms with Gasteiger partial charge < -0.3 is 25.0 Å². The summed E-state index contributed by atoms with van der Waals surface area (Å²) >= 11 is 0. The van der Waals surface area contributed by atoms with E-state index in [1.807, 2.05) is 12.1 Å². The van der Waals surface area contributed by atoms with Crippen molar-refractivity contribution < 1.29 is 23.9 Å². The second-order valence-electron chi connectivity index (χ2n) is 6.29. The van der Waals surface area contributed by atoms with Crippen molar-refractivity contribution in [1.29, 1.82) is 0 Å². The van der Waals surface area contributed by atoms with E-state index in [1.54, 1.807) is 25.2 Å². The number of carbonyl (C=O) groups excluding carboxylic acids is 3. The van der Waals surface area contributed by atoms with Crippen molar-refractivity contribution in [1.82, 2.24) is 15.5 Å². The number of benzene rings is 1. The molecule has 0 saturated carbocycles. The Morgan fingerprint density at radius 3 is 2.41 bits per heavy atom. The Balaban J connectivity index is 1.64. The first kappa shape index (κ1) is 20.5. The van der Waals surface area contributed by atoms with Crippen molar-refractivity contribution in [2.24, 2.45) is 0 Å². The van der Waals surface area contributed by atoms with E-state index in [9.17, 15) is 14.4 Å². The van der Waals surface area contributed by atoms with Gasteiger partial charge in [0.05, 0.1) is 14.2 Å². The first-order chi connectivity index (χ1) is 13.0. The Bertz CT molecular complexity index is 677. The number of rotatable bonds is 9. The first-order valence-electron chi connectivity index (χ1n) is 9.10. The second-order valence-corrected chi connectivity index (χ2v) is 6.29. The summed E-state index contributed by atoms with van der Waals surface area (Å²) in [5, 5.41) is 5.18. The van der Waals surface area contributed by atoms with Crippen LogP contribution in [0.25, 0.3) is 0 Å². The molecule has 8 nitrogen and oxygen atoms in total. The van der Waals surface area contributed by atoms with Gasteiger partial charge in [-0.1, -0.05) is 6.07 Å². The molecule has 27 heavy (non-hydrogen) atoms. The van der Waals surface area contributed by atoms with Gasteiger partial charge in [0.1, 0.15) is 0 Å². The van der Waals surface area contributed by atoms with Crippen LogP contribution in [0.3, 0.4) is 0 Å². The van der Waals surface area contributed by atoms with Crippen LogP contribution in [0.4, 0.5) is 0 Å². The van der Waals surface area contributed by atoms with Gasteiger partial charge in [-0.25, -0.2) is 0 Å². The molecule has 0 spiro atoms. The Morgan fingerprint density at radius 2 is 1.78 bits per heavy atom. The lowest BCUT2D eigenvalue weighted by Gasteiger charge is -2.15. The van der Waals surface area contributed by atoms with E-state index in [-0.39, 0.29) is 5.91 Å². The maximum Gasteiger partial charge on any atom is 0.309 e. The number of hydrogen-bond acceptors (Lipinski definition) is 5. The van der Waals surface area contributed by atoms with Crippen LogP contribution in [0.15, 0.2) is 18.2 Å². The number of nitrogens with one attached hydrogen (secondary N) is 2. The Morgan fingerprint density at radius 1 is 1.07 bits per heavy atom. The predicted octanol–water partition coefficient (Wildman–Crippen LogP) is 0.491. The molecule has 2 rings (SSSR count). The van der Waals surface area contributed by atoms with Crippen molar-refractivity contribution in [2.45, 2.75) is 25.7 Å². The minimum atomic E-state index is -0.660. The van der Waals surface area contributed by atoms with Crippen LogP contribution in [0.2, 0.25) is 0 Å². The average Bonchev–Trinajstić information content (AvgIpc) is 3.09. The molecule has 0 radical (unpaired) electrons. The van der Waals surface area contributed by atoms with Crippen molar-refractivity contribution in [2.75, 3.05) is 40.4 Å². The first-order valence-corrected chi connectivity index (χ1v) is 9.10. The summed E-state index contributed by atoms with van der Waals surface area (Å²) in [5.74, 6) is 0.105. The molecule has 1 aromatic rings. The molecule has 1 heterocycles. The quantitative estimate of drug-likeness (QED) is 0.482. The molecule has 0 bridgehead atoms. The van der Waals surface area contributed by atoms with Crippen LogP contribution < -0.4 is 20.1 Å². The molecule has 1 aliphatic heterocycles. The fourth-order valence-electron chi connectivity index (χ4n) is 2.93. The number of likely N-dealkylation sites (tertiary alicyclic amines) is 1. The molecule has 1 aromatic carbocycles. The zero-order valence-electron chi connectivity index (χ0n) is 15.9. The van der Waals surface area contributed by atoms with Crippen molar-refractivity contribution in [3.05, 3.63) is 23.8 Å². The van der Waals surface area contributed by atoms with Gasteiger partial charge in [-0.15, -0.1) is 0 Å². The van der Waals surface area contributed by atoms with Gasteiger partial charge in [0.25, 0.3) is 0 Å². The van der Waals surface area contributed by atoms with Crippen LogP contribution >= 0.6 is 0 Å². The SMILES string of the molecule is COc1ccc(CCNC(=O)C(=O)NCCCN2CCCC2=O)cc1OC. The summed E-state index contributed by atoms with van der Waals surface area (Å²) in [4.78, 5) is 36.9. The summed E-state index contributed by atoms with van der Waals surface area (Å²) in [6, 6.07) is 5.52. The monoisotopic (exact) mass is 377 g/mol. The molecule has 0 atom stereocenters. The van der Waals surface area contributed by atoms with Crippen LogP contribution in [0, 0.1) is 0 Å². The van der Waals surface area contributed by atoms with Crippen molar-refractivity contribution in [3.63, 3.8) is 0 Å². The normalized spacial score (nSPS) is 13.4. The van der Waals surface area contributed by atoms with E-state index in [4.69, 9.17) is 9.47 Å². The highest BCUT2D eigenvalue weighted by molar-refractivity contribution is 6.35. The zero-order valence-corrected chi connectivity index (χ0v) is 15.9. The van der Waals surface area contributed by atoms with E-state index in [2.05, 4.69) is 10.6 Å². The summed E-state index contributed by atoms with van der Waals surface area (Å²) < 4.78 is 10.4. The molecule has 2 N–H and O–H groups in total. The molecular formula is C19H27N3O5. The van der Waals surface area contributed by atoms with Gasteiger partial charge in [-0.3, -0.25) is 14.4 Å². The molecule has 1 saturated heterocycles. The lowest BCUT2D eigenvalue weighted by Crippen LogP contribution is -2.41. The van der Waals surface area contributed by atoms with E-state index in [1.165, 1.54) is 0 Å².